The van der Waals surface area contributed by atoms with Crippen molar-refractivity contribution >= 4 is 34.4 Å². The van der Waals surface area contributed by atoms with E-state index >= 15 is 0 Å². The minimum atomic E-state index is 0.0383. The monoisotopic (exact) mass is 481 g/mol. The molecule has 3 atom stereocenters. The summed E-state index contributed by atoms with van der Waals surface area (Å²) in [6.07, 6.45) is 3.81. The number of halogens is 1. The van der Waals surface area contributed by atoms with E-state index in [1.54, 1.807) is 6.92 Å². The van der Waals surface area contributed by atoms with Crippen LogP contribution in [0.5, 0.6) is 6.01 Å². The molecule has 5 heterocycles. The lowest BCUT2D eigenvalue weighted by Crippen LogP contribution is -2.48. The first-order valence-electron chi connectivity index (χ1n) is 12.0. The van der Waals surface area contributed by atoms with Crippen molar-refractivity contribution in [2.24, 2.45) is 0 Å². The van der Waals surface area contributed by atoms with Gasteiger partial charge < -0.3 is 24.3 Å². The molecule has 3 saturated heterocycles. The summed E-state index contributed by atoms with van der Waals surface area (Å²) in [5.74, 6) is 0.166. The zero-order chi connectivity index (χ0) is 23.2. The van der Waals surface area contributed by atoms with Crippen molar-refractivity contribution in [3.05, 3.63) is 35.4 Å². The van der Waals surface area contributed by atoms with E-state index in [-0.39, 0.29) is 24.1 Å². The number of pyridine rings is 1. The molecular formula is C25H28ClN5O3. The molecule has 0 saturated carbocycles. The normalized spacial score (nSPS) is 24.6. The highest BCUT2D eigenvalue weighted by Gasteiger charge is 2.43. The topological polar surface area (TPSA) is 83.6 Å². The van der Waals surface area contributed by atoms with Gasteiger partial charge in [0, 0.05) is 56.2 Å². The summed E-state index contributed by atoms with van der Waals surface area (Å²) in [6.45, 7) is 4.97. The van der Waals surface area contributed by atoms with Gasteiger partial charge in [0.25, 0.3) is 6.01 Å². The van der Waals surface area contributed by atoms with Gasteiger partial charge in [-0.2, -0.15) is 4.98 Å². The number of hydrogen-bond donors (Lipinski definition) is 1. The first kappa shape index (κ1) is 21.7. The van der Waals surface area contributed by atoms with Crippen molar-refractivity contribution in [1.82, 2.24) is 19.9 Å². The summed E-state index contributed by atoms with van der Waals surface area (Å²) < 4.78 is 11.7. The van der Waals surface area contributed by atoms with Gasteiger partial charge in [-0.05, 0) is 31.0 Å². The van der Waals surface area contributed by atoms with Crippen molar-refractivity contribution in [3.8, 4) is 17.3 Å². The van der Waals surface area contributed by atoms with E-state index in [0.29, 0.717) is 22.4 Å². The Kier molecular flexibility index (Phi) is 5.57. The number of ether oxygens (including phenoxy) is 2. The van der Waals surface area contributed by atoms with Crippen molar-refractivity contribution in [1.29, 1.82) is 0 Å². The largest absolute Gasteiger partial charge is 0.461 e. The molecular weight excluding hydrogens is 454 g/mol. The van der Waals surface area contributed by atoms with Gasteiger partial charge in [0.1, 0.15) is 6.10 Å². The number of hydrogen-bond acceptors (Lipinski definition) is 6. The second kappa shape index (κ2) is 8.74. The number of piperidine rings is 1. The van der Waals surface area contributed by atoms with E-state index in [4.69, 9.17) is 26.1 Å². The Morgan fingerprint density at radius 2 is 1.82 bits per heavy atom. The smallest absolute Gasteiger partial charge is 0.296 e. The fourth-order valence-corrected chi connectivity index (χ4v) is 5.96. The number of morpholine rings is 1. The molecule has 6 rings (SSSR count). The highest BCUT2D eigenvalue weighted by Crippen LogP contribution is 2.37. The van der Waals surface area contributed by atoms with Crippen LogP contribution in [0.1, 0.15) is 32.6 Å². The molecule has 3 aliphatic rings. The zero-order valence-electron chi connectivity index (χ0n) is 19.2. The first-order chi connectivity index (χ1) is 16.5. The summed E-state index contributed by atoms with van der Waals surface area (Å²) in [7, 11) is 0. The number of carbonyl (C=O) groups excluding carboxylic acids is 1. The van der Waals surface area contributed by atoms with Crippen LogP contribution < -0.4 is 9.64 Å². The lowest BCUT2D eigenvalue weighted by Gasteiger charge is -2.37. The Hall–Kier alpha value is -2.84. The maximum Gasteiger partial charge on any atom is 0.296 e. The lowest BCUT2D eigenvalue weighted by molar-refractivity contribution is -0.134. The number of anilines is 1. The summed E-state index contributed by atoms with van der Waals surface area (Å²) in [5, 5.41) is 0.564. The number of imidazole rings is 1. The average Bonchev–Trinajstić information content (AvgIpc) is 3.36. The van der Waals surface area contributed by atoms with Gasteiger partial charge in [0.15, 0.2) is 5.65 Å². The standard InChI is InChI=1S/C25H28ClN5O3/c1-15(32)31-18-6-7-19(31)13-20(12-18)34-25-27-22-14-21(26)23(28-24(22)29-25)16-2-4-17(5-3-16)30-8-10-33-11-9-30/h2-5,14,18-20H,6-13H2,1H3,(H,27,28,29)/t18-,19+,20-. The number of nitrogens with one attached hydrogen (secondary N) is 1. The fourth-order valence-electron chi connectivity index (χ4n) is 5.70. The number of aromatic amines is 1. The number of amides is 1. The van der Waals surface area contributed by atoms with Crippen LogP contribution >= 0.6 is 11.6 Å². The Morgan fingerprint density at radius 3 is 2.50 bits per heavy atom. The number of H-pyrrole nitrogens is 1. The predicted octanol–water partition coefficient (Wildman–Crippen LogP) is 4.04. The molecule has 0 spiro atoms. The van der Waals surface area contributed by atoms with Gasteiger partial charge in [-0.1, -0.05) is 23.7 Å². The Balaban J connectivity index is 1.20. The van der Waals surface area contributed by atoms with Crippen LogP contribution in [-0.4, -0.2) is 70.2 Å². The quantitative estimate of drug-likeness (QED) is 0.605. The summed E-state index contributed by atoms with van der Waals surface area (Å²) in [5.41, 5.74) is 4.15. The van der Waals surface area contributed by atoms with Gasteiger partial charge in [-0.15, -0.1) is 0 Å². The second-order valence-corrected chi connectivity index (χ2v) is 9.81. The SMILES string of the molecule is CC(=O)N1[C@@H]2CC[C@H]1C[C@H](Oc1nc3nc(-c4ccc(N5CCOCC5)cc4)c(Cl)cc3[nH]1)C2. The molecule has 2 aromatic heterocycles. The highest BCUT2D eigenvalue weighted by molar-refractivity contribution is 6.33. The average molecular weight is 482 g/mol. The molecule has 1 aromatic carbocycles. The molecule has 3 aliphatic heterocycles. The number of fused-ring (bicyclic) bond motifs is 3. The van der Waals surface area contributed by atoms with Crippen LogP contribution in [0.3, 0.4) is 0 Å². The molecule has 0 unspecified atom stereocenters. The number of nitrogens with zero attached hydrogens (tertiary/aromatic N) is 4. The van der Waals surface area contributed by atoms with Gasteiger partial charge in [-0.25, -0.2) is 4.98 Å². The van der Waals surface area contributed by atoms with Crippen LogP contribution in [0.15, 0.2) is 30.3 Å². The molecule has 2 bridgehead atoms. The summed E-state index contributed by atoms with van der Waals surface area (Å²) in [4.78, 5) is 28.9. The van der Waals surface area contributed by atoms with E-state index in [1.165, 1.54) is 5.69 Å². The van der Waals surface area contributed by atoms with E-state index in [0.717, 1.165) is 63.1 Å². The Bertz CT molecular complexity index is 1190. The maximum atomic E-state index is 12.0. The van der Waals surface area contributed by atoms with E-state index in [2.05, 4.69) is 27.0 Å². The number of rotatable bonds is 4. The number of carbonyl (C=O) groups is 1. The molecule has 0 radical (unpaired) electrons. The third-order valence-electron chi connectivity index (χ3n) is 7.25. The highest BCUT2D eigenvalue weighted by atomic mass is 35.5. The van der Waals surface area contributed by atoms with Gasteiger partial charge in [-0.3, -0.25) is 4.79 Å². The molecule has 1 amide bonds. The van der Waals surface area contributed by atoms with E-state index in [1.807, 2.05) is 23.1 Å². The molecule has 9 heteroatoms. The Morgan fingerprint density at radius 1 is 1.12 bits per heavy atom. The van der Waals surface area contributed by atoms with Crippen molar-refractivity contribution in [2.45, 2.75) is 50.8 Å². The molecule has 34 heavy (non-hydrogen) atoms. The second-order valence-electron chi connectivity index (χ2n) is 9.40. The van der Waals surface area contributed by atoms with Crippen molar-refractivity contribution in [3.63, 3.8) is 0 Å². The molecule has 178 valence electrons. The lowest BCUT2D eigenvalue weighted by atomic mass is 10.00. The minimum absolute atomic E-state index is 0.0383. The fraction of sp³-hybridized carbons (Fsp3) is 0.480. The van der Waals surface area contributed by atoms with Crippen LogP contribution in [-0.2, 0) is 9.53 Å². The van der Waals surface area contributed by atoms with Gasteiger partial charge in [0.05, 0.1) is 29.4 Å². The van der Waals surface area contributed by atoms with Crippen LogP contribution in [0.2, 0.25) is 5.02 Å². The van der Waals surface area contributed by atoms with Crippen LogP contribution in [0.4, 0.5) is 5.69 Å². The summed E-state index contributed by atoms with van der Waals surface area (Å²) >= 11 is 6.60. The molecule has 1 N–H and O–H groups in total. The third-order valence-corrected chi connectivity index (χ3v) is 7.54. The molecule has 3 aromatic rings. The molecule has 3 fully saturated rings. The van der Waals surface area contributed by atoms with Gasteiger partial charge in [0.2, 0.25) is 5.91 Å². The molecule has 0 aliphatic carbocycles. The molecule has 8 nitrogen and oxygen atoms in total. The Labute approximate surface area is 203 Å². The maximum absolute atomic E-state index is 12.0. The predicted molar refractivity (Wildman–Crippen MR) is 130 cm³/mol. The van der Waals surface area contributed by atoms with Crippen LogP contribution in [0.25, 0.3) is 22.4 Å². The van der Waals surface area contributed by atoms with Gasteiger partial charge >= 0.3 is 0 Å². The van der Waals surface area contributed by atoms with E-state index in [9.17, 15) is 4.79 Å². The third kappa shape index (κ3) is 3.99. The van der Waals surface area contributed by atoms with Crippen LogP contribution in [0, 0.1) is 0 Å². The first-order valence-corrected chi connectivity index (χ1v) is 12.4. The van der Waals surface area contributed by atoms with Crippen molar-refractivity contribution < 1.29 is 14.3 Å². The van der Waals surface area contributed by atoms with E-state index < -0.39 is 0 Å². The minimum Gasteiger partial charge on any atom is -0.461 e. The summed E-state index contributed by atoms with van der Waals surface area (Å²) in [6, 6.07) is 11.2. The number of benzene rings is 1. The number of aromatic nitrogens is 3. The zero-order valence-corrected chi connectivity index (χ0v) is 19.9. The van der Waals surface area contributed by atoms with Crippen molar-refractivity contribution in [2.75, 3.05) is 31.2 Å².